The predicted octanol–water partition coefficient (Wildman–Crippen LogP) is 5.04. The lowest BCUT2D eigenvalue weighted by Crippen LogP contribution is -2.49. The van der Waals surface area contributed by atoms with Crippen LogP contribution in [0.3, 0.4) is 0 Å². The Kier molecular flexibility index (Phi) is 7.58. The predicted molar refractivity (Wildman–Crippen MR) is 138 cm³/mol. The van der Waals surface area contributed by atoms with E-state index < -0.39 is 47.5 Å². The fourth-order valence-electron chi connectivity index (χ4n) is 5.41. The summed E-state index contributed by atoms with van der Waals surface area (Å²) in [4.78, 5) is 31.3. The molecule has 5 rings (SSSR count). The number of benzene rings is 1. The molecule has 1 saturated heterocycles. The number of alkyl halides is 5. The number of nitrogens with zero attached hydrogens (tertiary/aromatic N) is 4. The van der Waals surface area contributed by atoms with Crippen LogP contribution >= 0.6 is 0 Å². The first-order valence-electron chi connectivity index (χ1n) is 13.2. The summed E-state index contributed by atoms with van der Waals surface area (Å²) in [6.45, 7) is 0.152. The van der Waals surface area contributed by atoms with E-state index in [4.69, 9.17) is 0 Å². The number of halogens is 5. The summed E-state index contributed by atoms with van der Waals surface area (Å²) in [5.41, 5.74) is -2.66. The molecule has 2 N–H and O–H groups in total. The molecular weight excluding hydrogens is 549 g/mol. The van der Waals surface area contributed by atoms with Gasteiger partial charge in [0.25, 0.3) is 11.8 Å². The second-order valence-corrected chi connectivity index (χ2v) is 10.6. The molecule has 8 nitrogen and oxygen atoms in total. The van der Waals surface area contributed by atoms with Gasteiger partial charge < -0.3 is 10.4 Å². The summed E-state index contributed by atoms with van der Waals surface area (Å²) in [6.07, 6.45) is -2.44. The fraction of sp³-hybridized carbons (Fsp3) is 0.429. The van der Waals surface area contributed by atoms with Crippen molar-refractivity contribution >= 4 is 11.9 Å². The molecule has 1 aromatic carbocycles. The van der Waals surface area contributed by atoms with Crippen molar-refractivity contribution in [1.82, 2.24) is 25.0 Å². The zero-order valence-corrected chi connectivity index (χ0v) is 21.9. The van der Waals surface area contributed by atoms with Gasteiger partial charge in [0.15, 0.2) is 11.5 Å². The molecule has 2 fully saturated rings. The number of hydrogen-bond donors (Lipinski definition) is 2. The van der Waals surface area contributed by atoms with Crippen molar-refractivity contribution in [2.45, 2.75) is 50.2 Å². The van der Waals surface area contributed by atoms with Gasteiger partial charge in [0.1, 0.15) is 0 Å². The average Bonchev–Trinajstić information content (AvgIpc) is 3.62. The maximum atomic E-state index is 13.9. The quantitative estimate of drug-likeness (QED) is 0.346. The molecule has 218 valence electrons. The standard InChI is InChI=1S/C28H28F5N5O3/c29-27(30)10-5-14-37(17-27)15-9-22(26(11-12-26)25(40)41)35-24(39)20-16-21(38(36-20)23-8-3-4-13-34-23)18-6-1-2-7-19(18)28(31,32)33/h1-4,6-8,13,16,22H,5,9-12,14-15,17H2,(H,35,39)(H,40,41)/t22-/m0/s1. The number of likely N-dealkylation sites (tertiary alicyclic amines) is 1. The minimum atomic E-state index is -4.69. The van der Waals surface area contributed by atoms with Gasteiger partial charge in [-0.25, -0.2) is 18.4 Å². The highest BCUT2D eigenvalue weighted by Crippen LogP contribution is 2.50. The molecule has 3 heterocycles. The van der Waals surface area contributed by atoms with E-state index in [1.165, 1.54) is 36.5 Å². The van der Waals surface area contributed by atoms with E-state index in [9.17, 15) is 36.6 Å². The van der Waals surface area contributed by atoms with Crippen LogP contribution in [0.4, 0.5) is 22.0 Å². The smallest absolute Gasteiger partial charge is 0.417 e. The third kappa shape index (κ3) is 6.09. The molecule has 2 aromatic heterocycles. The molecule has 1 aliphatic heterocycles. The number of hydrogen-bond acceptors (Lipinski definition) is 5. The van der Waals surface area contributed by atoms with Gasteiger partial charge >= 0.3 is 12.1 Å². The van der Waals surface area contributed by atoms with Crippen LogP contribution in [0.15, 0.2) is 54.7 Å². The van der Waals surface area contributed by atoms with Crippen LogP contribution in [-0.2, 0) is 11.0 Å². The lowest BCUT2D eigenvalue weighted by Gasteiger charge is -2.34. The minimum absolute atomic E-state index is 0.0340. The van der Waals surface area contributed by atoms with Crippen LogP contribution in [0.2, 0.25) is 0 Å². The highest BCUT2D eigenvalue weighted by atomic mass is 19.4. The van der Waals surface area contributed by atoms with Crippen LogP contribution in [0.1, 0.15) is 48.2 Å². The van der Waals surface area contributed by atoms with Gasteiger partial charge in [-0.1, -0.05) is 24.3 Å². The van der Waals surface area contributed by atoms with E-state index >= 15 is 0 Å². The van der Waals surface area contributed by atoms with Crippen molar-refractivity contribution in [2.24, 2.45) is 5.41 Å². The number of nitrogens with one attached hydrogen (secondary N) is 1. The van der Waals surface area contributed by atoms with Crippen molar-refractivity contribution in [3.63, 3.8) is 0 Å². The molecule has 1 atom stereocenters. The van der Waals surface area contributed by atoms with Crippen LogP contribution in [0.25, 0.3) is 17.1 Å². The molecule has 3 aromatic rings. The number of pyridine rings is 1. The first kappa shape index (κ1) is 28.7. The maximum Gasteiger partial charge on any atom is 0.417 e. The highest BCUT2D eigenvalue weighted by molar-refractivity contribution is 5.94. The molecule has 0 radical (unpaired) electrons. The highest BCUT2D eigenvalue weighted by Gasteiger charge is 2.56. The Morgan fingerprint density at radius 2 is 1.80 bits per heavy atom. The maximum absolute atomic E-state index is 13.9. The van der Waals surface area contributed by atoms with Gasteiger partial charge in [0.2, 0.25) is 0 Å². The van der Waals surface area contributed by atoms with Crippen molar-refractivity contribution in [2.75, 3.05) is 19.6 Å². The Bertz CT molecular complexity index is 1420. The lowest BCUT2D eigenvalue weighted by atomic mass is 9.92. The number of piperidine rings is 1. The van der Waals surface area contributed by atoms with E-state index in [1.54, 1.807) is 17.0 Å². The molecule has 1 aliphatic carbocycles. The third-order valence-electron chi connectivity index (χ3n) is 7.71. The number of carbonyl (C=O) groups is 2. The first-order chi connectivity index (χ1) is 19.4. The van der Waals surface area contributed by atoms with Gasteiger partial charge in [-0.05, 0) is 56.5 Å². The Balaban J connectivity index is 1.46. The topological polar surface area (TPSA) is 100 Å². The number of aromatic nitrogens is 3. The van der Waals surface area contributed by atoms with E-state index in [0.29, 0.717) is 25.8 Å². The second kappa shape index (κ2) is 10.8. The summed E-state index contributed by atoms with van der Waals surface area (Å²) >= 11 is 0. The summed E-state index contributed by atoms with van der Waals surface area (Å²) in [6, 6.07) is 9.95. The monoisotopic (exact) mass is 577 g/mol. The SMILES string of the molecule is O=C(N[C@@H](CCN1CCCC(F)(F)C1)C1(C(=O)O)CC1)c1cc(-c2ccccc2C(F)(F)F)n(-c2ccccn2)n1. The van der Waals surface area contributed by atoms with Crippen molar-refractivity contribution in [3.8, 4) is 17.1 Å². The third-order valence-corrected chi connectivity index (χ3v) is 7.71. The molecule has 41 heavy (non-hydrogen) atoms. The van der Waals surface area contributed by atoms with Gasteiger partial charge in [-0.3, -0.25) is 14.5 Å². The Hall–Kier alpha value is -3.87. The zero-order chi connectivity index (χ0) is 29.4. The molecule has 0 bridgehead atoms. The Labute approximate surface area is 232 Å². The number of rotatable bonds is 9. The van der Waals surface area contributed by atoms with E-state index in [1.807, 2.05) is 0 Å². The number of carboxylic acids is 1. The summed E-state index contributed by atoms with van der Waals surface area (Å²) < 4.78 is 70.6. The van der Waals surface area contributed by atoms with Gasteiger partial charge in [0, 0.05) is 30.8 Å². The molecule has 2 aliphatic rings. The van der Waals surface area contributed by atoms with Gasteiger partial charge in [-0.15, -0.1) is 0 Å². The van der Waals surface area contributed by atoms with Crippen LogP contribution < -0.4 is 5.32 Å². The molecule has 0 spiro atoms. The largest absolute Gasteiger partial charge is 0.481 e. The molecular formula is C28H28F5N5O3. The van der Waals surface area contributed by atoms with Gasteiger partial charge in [-0.2, -0.15) is 18.3 Å². The van der Waals surface area contributed by atoms with Crippen molar-refractivity contribution in [3.05, 3.63) is 66.0 Å². The zero-order valence-electron chi connectivity index (χ0n) is 21.9. The summed E-state index contributed by atoms with van der Waals surface area (Å²) in [5, 5.41) is 16.9. The van der Waals surface area contributed by atoms with Crippen LogP contribution in [-0.4, -0.2) is 68.2 Å². The fourth-order valence-corrected chi connectivity index (χ4v) is 5.41. The number of carboxylic acid groups (broad SMARTS) is 1. The van der Waals surface area contributed by atoms with Crippen molar-refractivity contribution < 1.29 is 36.6 Å². The minimum Gasteiger partial charge on any atom is -0.481 e. The lowest BCUT2D eigenvalue weighted by molar-refractivity contribution is -0.144. The average molecular weight is 578 g/mol. The summed E-state index contributed by atoms with van der Waals surface area (Å²) in [7, 11) is 0. The molecule has 1 amide bonds. The van der Waals surface area contributed by atoms with E-state index in [-0.39, 0.29) is 42.2 Å². The molecule has 0 unspecified atom stereocenters. The van der Waals surface area contributed by atoms with E-state index in [0.717, 1.165) is 10.7 Å². The van der Waals surface area contributed by atoms with Crippen LogP contribution in [0, 0.1) is 5.41 Å². The summed E-state index contributed by atoms with van der Waals surface area (Å²) in [5.74, 6) is -4.55. The molecule has 1 saturated carbocycles. The number of amides is 1. The molecule has 13 heteroatoms. The van der Waals surface area contributed by atoms with Crippen molar-refractivity contribution in [1.29, 1.82) is 0 Å². The second-order valence-electron chi connectivity index (χ2n) is 10.6. The van der Waals surface area contributed by atoms with Gasteiger partial charge in [0.05, 0.1) is 23.2 Å². The number of carbonyl (C=O) groups excluding carboxylic acids is 1. The van der Waals surface area contributed by atoms with Crippen LogP contribution in [0.5, 0.6) is 0 Å². The normalized spacial score (nSPS) is 19.0. The number of aliphatic carboxylic acids is 1. The Morgan fingerprint density at radius 1 is 1.07 bits per heavy atom. The Morgan fingerprint density at radius 3 is 2.44 bits per heavy atom. The first-order valence-corrected chi connectivity index (χ1v) is 13.2. The van der Waals surface area contributed by atoms with E-state index in [2.05, 4.69) is 15.4 Å².